The van der Waals surface area contributed by atoms with Crippen LogP contribution in [0, 0.1) is 0 Å². The van der Waals surface area contributed by atoms with E-state index in [4.69, 9.17) is 13.7 Å². The summed E-state index contributed by atoms with van der Waals surface area (Å²) in [4.78, 5) is 0. The van der Waals surface area contributed by atoms with Gasteiger partial charge in [0.2, 0.25) is 0 Å². The average Bonchev–Trinajstić information content (AvgIpc) is 2.74. The molecule has 0 aromatic carbocycles. The second-order valence-electron chi connectivity index (χ2n) is 4.23. The Morgan fingerprint density at radius 2 is 1.88 bits per heavy atom. The van der Waals surface area contributed by atoms with E-state index in [0.717, 1.165) is 5.76 Å². The molecule has 0 saturated carbocycles. The summed E-state index contributed by atoms with van der Waals surface area (Å²) in [5, 5.41) is 0. The zero-order valence-corrected chi connectivity index (χ0v) is 10.3. The Balaban J connectivity index is 0.00000128. The summed E-state index contributed by atoms with van der Waals surface area (Å²) in [5.74, 6) is 2.76. The smallest absolute Gasteiger partial charge is 0.561 e. The normalized spacial score (nSPS) is 34.2. The zero-order valence-electron chi connectivity index (χ0n) is 10.3. The van der Waals surface area contributed by atoms with E-state index in [-0.39, 0.29) is 31.1 Å². The van der Waals surface area contributed by atoms with Gasteiger partial charge in [0.05, 0.1) is 6.26 Å². The fraction of sp³-hybridized carbons (Fsp3) is 0.455. The Kier molecular flexibility index (Phi) is 4.52. The van der Waals surface area contributed by atoms with Crippen molar-refractivity contribution >= 4 is 12.6 Å². The molecule has 1 aliphatic heterocycles. The zero-order chi connectivity index (χ0) is 10.9. The van der Waals surface area contributed by atoms with Crippen LogP contribution >= 0.6 is 0 Å². The van der Waals surface area contributed by atoms with E-state index in [1.165, 1.54) is 0 Å². The molecule has 2 unspecified atom stereocenters. The van der Waals surface area contributed by atoms with Crippen molar-refractivity contribution in [1.82, 2.24) is 0 Å². The van der Waals surface area contributed by atoms with E-state index in [9.17, 15) is 0 Å². The average molecular weight is 214 g/mol. The van der Waals surface area contributed by atoms with Crippen molar-refractivity contribution in [3.63, 3.8) is 0 Å². The molecule has 0 radical (unpaired) electrons. The first-order chi connectivity index (χ1) is 7.09. The molecule has 2 atom stereocenters. The van der Waals surface area contributed by atoms with E-state index in [1.807, 2.05) is 44.9 Å². The quantitative estimate of drug-likeness (QED) is 0.635. The summed E-state index contributed by atoms with van der Waals surface area (Å²) in [6, 6.07) is 3.76. The van der Waals surface area contributed by atoms with E-state index in [1.54, 1.807) is 6.26 Å². The summed E-state index contributed by atoms with van der Waals surface area (Å²) in [6.45, 7) is 4.73. The van der Waals surface area contributed by atoms with Crippen LogP contribution in [0.5, 0.6) is 0 Å². The number of furan rings is 1. The first kappa shape index (κ1) is 13.7. The largest absolute Gasteiger partial charge is 1.00 e. The summed E-state index contributed by atoms with van der Waals surface area (Å²) in [6.07, 6.45) is 3.84. The van der Waals surface area contributed by atoms with Gasteiger partial charge in [0, 0.05) is 12.2 Å². The SMILES string of the molecule is CC1O[B-](C)(/C=C/c2ccco2)OC1C.[Li+]. The number of hydrogen-bond acceptors (Lipinski definition) is 3. The minimum Gasteiger partial charge on any atom is -0.561 e. The second-order valence-corrected chi connectivity index (χ2v) is 4.23. The third-order valence-electron chi connectivity index (χ3n) is 2.78. The van der Waals surface area contributed by atoms with E-state index in [2.05, 4.69) is 0 Å². The molecule has 3 nitrogen and oxygen atoms in total. The molecule has 1 fully saturated rings. The number of hydrogen-bond donors (Lipinski definition) is 0. The van der Waals surface area contributed by atoms with Crippen LogP contribution in [0.3, 0.4) is 0 Å². The van der Waals surface area contributed by atoms with Crippen LogP contribution in [0.4, 0.5) is 0 Å². The molecule has 0 bridgehead atoms. The summed E-state index contributed by atoms with van der Waals surface area (Å²) in [5.41, 5.74) is 0. The Morgan fingerprint density at radius 3 is 2.38 bits per heavy atom. The van der Waals surface area contributed by atoms with Crippen LogP contribution in [0.25, 0.3) is 6.08 Å². The van der Waals surface area contributed by atoms with Crippen LogP contribution in [0.2, 0.25) is 6.82 Å². The fourth-order valence-corrected chi connectivity index (χ4v) is 1.85. The predicted octanol–water partition coefficient (Wildman–Crippen LogP) is -0.268. The van der Waals surface area contributed by atoms with Gasteiger partial charge in [-0.25, -0.2) is 0 Å². The number of rotatable bonds is 2. The molecule has 1 aliphatic rings. The van der Waals surface area contributed by atoms with Crippen molar-refractivity contribution in [3.8, 4) is 0 Å². The van der Waals surface area contributed by atoms with E-state index >= 15 is 0 Å². The van der Waals surface area contributed by atoms with Crippen LogP contribution in [0.15, 0.2) is 28.8 Å². The maximum Gasteiger partial charge on any atom is 1.00 e. The first-order valence-electron chi connectivity index (χ1n) is 5.36. The standard InChI is InChI=1S/C11H16BO3.Li/c1-9-10(2)15-12(3,14-9)7-6-11-5-4-8-13-11;/h4-10H,1-3H3;/q-1;+1/b7-6+;. The van der Waals surface area contributed by atoms with Gasteiger partial charge < -0.3 is 13.7 Å². The van der Waals surface area contributed by atoms with Crippen molar-refractivity contribution in [3.05, 3.63) is 30.1 Å². The first-order valence-corrected chi connectivity index (χ1v) is 5.36. The molecule has 2 heterocycles. The Hall–Kier alpha value is -0.398. The van der Waals surface area contributed by atoms with Crippen LogP contribution in [0.1, 0.15) is 19.6 Å². The van der Waals surface area contributed by atoms with Gasteiger partial charge in [-0.1, -0.05) is 6.08 Å². The van der Waals surface area contributed by atoms with Gasteiger partial charge in [0.15, 0.2) is 0 Å². The van der Waals surface area contributed by atoms with Crippen LogP contribution in [-0.2, 0) is 9.31 Å². The second kappa shape index (κ2) is 5.29. The van der Waals surface area contributed by atoms with Crippen molar-refractivity contribution in [2.45, 2.75) is 32.9 Å². The Bertz CT molecular complexity index is 340. The molecule has 82 valence electrons. The van der Waals surface area contributed by atoms with Gasteiger partial charge in [0.25, 0.3) is 6.55 Å². The molecule has 0 N–H and O–H groups in total. The Morgan fingerprint density at radius 1 is 1.25 bits per heavy atom. The molecular weight excluding hydrogens is 198 g/mol. The molecule has 16 heavy (non-hydrogen) atoms. The third-order valence-corrected chi connectivity index (χ3v) is 2.78. The minimum absolute atomic E-state index is 0. The molecule has 1 aromatic heterocycles. The summed E-state index contributed by atoms with van der Waals surface area (Å²) in [7, 11) is 0. The minimum atomic E-state index is -1.30. The van der Waals surface area contributed by atoms with Gasteiger partial charge in [0.1, 0.15) is 5.76 Å². The molecule has 1 saturated heterocycles. The molecular formula is C11H16BLiO3. The molecule has 0 spiro atoms. The van der Waals surface area contributed by atoms with Gasteiger partial charge in [-0.2, -0.15) is 5.98 Å². The van der Waals surface area contributed by atoms with Crippen molar-refractivity contribution < 1.29 is 32.6 Å². The fourth-order valence-electron chi connectivity index (χ4n) is 1.85. The van der Waals surface area contributed by atoms with Gasteiger partial charge in [-0.3, -0.25) is 0 Å². The van der Waals surface area contributed by atoms with Crippen LogP contribution in [-0.4, -0.2) is 18.8 Å². The Labute approximate surface area is 108 Å². The topological polar surface area (TPSA) is 31.6 Å². The van der Waals surface area contributed by atoms with E-state index < -0.39 is 6.55 Å². The predicted molar refractivity (Wildman–Crippen MR) is 60.5 cm³/mol. The molecule has 2 rings (SSSR count). The molecule has 1 aromatic rings. The maximum absolute atomic E-state index is 5.77. The molecule has 0 amide bonds. The third kappa shape index (κ3) is 3.05. The van der Waals surface area contributed by atoms with Crippen molar-refractivity contribution in [1.29, 1.82) is 0 Å². The van der Waals surface area contributed by atoms with Crippen molar-refractivity contribution in [2.24, 2.45) is 0 Å². The van der Waals surface area contributed by atoms with Gasteiger partial charge in [-0.05, 0) is 26.0 Å². The monoisotopic (exact) mass is 214 g/mol. The van der Waals surface area contributed by atoms with Crippen molar-refractivity contribution in [2.75, 3.05) is 0 Å². The maximum atomic E-state index is 5.77. The molecule has 5 heteroatoms. The summed E-state index contributed by atoms with van der Waals surface area (Å²) >= 11 is 0. The summed E-state index contributed by atoms with van der Waals surface area (Å²) < 4.78 is 16.7. The van der Waals surface area contributed by atoms with E-state index in [0.29, 0.717) is 0 Å². The van der Waals surface area contributed by atoms with Gasteiger partial charge >= 0.3 is 18.9 Å². The molecule has 0 aliphatic carbocycles. The van der Waals surface area contributed by atoms with Crippen LogP contribution < -0.4 is 18.9 Å². The van der Waals surface area contributed by atoms with Gasteiger partial charge in [-0.15, -0.1) is 6.82 Å².